The number of nitrogens with zero attached hydrogens (tertiary/aromatic N) is 4. The second-order valence-corrected chi connectivity index (χ2v) is 7.82. The van der Waals surface area contributed by atoms with Crippen molar-refractivity contribution in [3.8, 4) is 0 Å². The zero-order valence-corrected chi connectivity index (χ0v) is 16.7. The first-order chi connectivity index (χ1) is 14.1. The van der Waals surface area contributed by atoms with Crippen molar-refractivity contribution in [3.05, 3.63) is 47.6 Å². The summed E-state index contributed by atoms with van der Waals surface area (Å²) >= 11 is 0. The Kier molecular flexibility index (Phi) is 5.78. The molecule has 0 radical (unpaired) electrons. The Morgan fingerprint density at radius 1 is 1.24 bits per heavy atom. The summed E-state index contributed by atoms with van der Waals surface area (Å²) in [7, 11) is 0. The molecule has 1 aromatic heterocycles. The molecule has 8 nitrogen and oxygen atoms in total. The average molecular weight is 397 g/mol. The third-order valence-corrected chi connectivity index (χ3v) is 5.57. The van der Waals surface area contributed by atoms with Gasteiger partial charge in [-0.2, -0.15) is 4.98 Å². The number of rotatable bonds is 7. The van der Waals surface area contributed by atoms with Crippen LogP contribution in [0.4, 0.5) is 4.79 Å². The monoisotopic (exact) mass is 397 g/mol. The zero-order valence-electron chi connectivity index (χ0n) is 16.7. The van der Waals surface area contributed by atoms with Gasteiger partial charge in [-0.25, -0.2) is 4.79 Å². The molecule has 2 fully saturated rings. The molecule has 0 spiro atoms. The maximum absolute atomic E-state index is 12.5. The Morgan fingerprint density at radius 3 is 2.76 bits per heavy atom. The van der Waals surface area contributed by atoms with Crippen molar-refractivity contribution >= 4 is 11.9 Å². The summed E-state index contributed by atoms with van der Waals surface area (Å²) in [5.41, 5.74) is 1.06. The molecule has 1 saturated heterocycles. The minimum absolute atomic E-state index is 0.00690. The van der Waals surface area contributed by atoms with Crippen molar-refractivity contribution in [1.82, 2.24) is 25.3 Å². The first kappa shape index (κ1) is 19.4. The lowest BCUT2D eigenvalue weighted by atomic mass is 10.2. The van der Waals surface area contributed by atoms with E-state index in [9.17, 15) is 9.59 Å². The largest absolute Gasteiger partial charge is 0.339 e. The summed E-state index contributed by atoms with van der Waals surface area (Å²) in [4.78, 5) is 32.7. The molecule has 8 heteroatoms. The van der Waals surface area contributed by atoms with Crippen LogP contribution in [0.2, 0.25) is 0 Å². The topological polar surface area (TPSA) is 91.6 Å². The van der Waals surface area contributed by atoms with Crippen molar-refractivity contribution in [3.63, 3.8) is 0 Å². The van der Waals surface area contributed by atoms with Crippen LogP contribution in [-0.2, 0) is 17.8 Å². The molecule has 2 heterocycles. The number of urea groups is 1. The van der Waals surface area contributed by atoms with E-state index >= 15 is 0 Å². The van der Waals surface area contributed by atoms with Crippen LogP contribution >= 0.6 is 0 Å². The summed E-state index contributed by atoms with van der Waals surface area (Å²) in [6.07, 6.45) is 3.57. The zero-order chi connectivity index (χ0) is 20.2. The second kappa shape index (κ2) is 8.63. The number of hydrogen-bond acceptors (Lipinski definition) is 5. The summed E-state index contributed by atoms with van der Waals surface area (Å²) in [6, 6.07) is 9.75. The van der Waals surface area contributed by atoms with Crippen LogP contribution in [0.3, 0.4) is 0 Å². The normalized spacial score (nSPS) is 18.7. The van der Waals surface area contributed by atoms with E-state index in [0.717, 1.165) is 30.7 Å². The van der Waals surface area contributed by atoms with Gasteiger partial charge in [-0.1, -0.05) is 35.5 Å². The molecule has 1 N–H and O–H groups in total. The van der Waals surface area contributed by atoms with Crippen molar-refractivity contribution in [2.75, 3.05) is 19.6 Å². The maximum atomic E-state index is 12.5. The molecular formula is C21H27N5O3. The van der Waals surface area contributed by atoms with E-state index in [2.05, 4.69) is 15.5 Å². The van der Waals surface area contributed by atoms with E-state index < -0.39 is 0 Å². The highest BCUT2D eigenvalue weighted by atomic mass is 16.5. The Labute approximate surface area is 170 Å². The maximum Gasteiger partial charge on any atom is 0.317 e. The lowest BCUT2D eigenvalue weighted by Gasteiger charge is -2.27. The molecule has 4 rings (SSSR count). The van der Waals surface area contributed by atoms with Crippen molar-refractivity contribution in [2.24, 2.45) is 0 Å². The van der Waals surface area contributed by atoms with Gasteiger partial charge in [-0.15, -0.1) is 0 Å². The minimum Gasteiger partial charge on any atom is -0.339 e. The standard InChI is InChI=1S/C21H27N5O3/c1-15(27)26(12-10-19-23-20(29-24-19)17-7-8-17)18-9-11-25(14-18)21(28)22-13-16-5-3-2-4-6-16/h2-6,17-18H,7-14H2,1H3,(H,22,28). The molecule has 29 heavy (non-hydrogen) atoms. The number of benzene rings is 1. The lowest BCUT2D eigenvalue weighted by Crippen LogP contribution is -2.44. The number of likely N-dealkylation sites (tertiary alicyclic amines) is 1. The van der Waals surface area contributed by atoms with Crippen molar-refractivity contribution in [2.45, 2.75) is 51.1 Å². The number of amides is 3. The number of carbonyl (C=O) groups excluding carboxylic acids is 2. The van der Waals surface area contributed by atoms with Gasteiger partial charge in [0.05, 0.1) is 6.04 Å². The summed E-state index contributed by atoms with van der Waals surface area (Å²) in [5.74, 6) is 1.80. The van der Waals surface area contributed by atoms with E-state index in [1.807, 2.05) is 35.2 Å². The molecule has 0 bridgehead atoms. The number of nitrogens with one attached hydrogen (secondary N) is 1. The van der Waals surface area contributed by atoms with Crippen LogP contribution in [0.1, 0.15) is 49.4 Å². The fourth-order valence-corrected chi connectivity index (χ4v) is 3.75. The van der Waals surface area contributed by atoms with Gasteiger partial charge in [0.15, 0.2) is 5.82 Å². The molecule has 2 aromatic rings. The van der Waals surface area contributed by atoms with Gasteiger partial charge < -0.3 is 19.6 Å². The molecule has 1 atom stereocenters. The number of aromatic nitrogens is 2. The molecule has 1 aromatic carbocycles. The first-order valence-corrected chi connectivity index (χ1v) is 10.3. The Hall–Kier alpha value is -2.90. The quantitative estimate of drug-likeness (QED) is 0.774. The lowest BCUT2D eigenvalue weighted by molar-refractivity contribution is -0.130. The van der Waals surface area contributed by atoms with Gasteiger partial charge in [-0.05, 0) is 24.8 Å². The molecular weight excluding hydrogens is 370 g/mol. The minimum atomic E-state index is -0.0906. The van der Waals surface area contributed by atoms with Gasteiger partial charge in [-0.3, -0.25) is 4.79 Å². The third kappa shape index (κ3) is 4.93. The molecule has 154 valence electrons. The average Bonchev–Trinajstić information content (AvgIpc) is 3.27. The Balaban J connectivity index is 1.27. The van der Waals surface area contributed by atoms with E-state index in [1.54, 1.807) is 11.8 Å². The SMILES string of the molecule is CC(=O)N(CCc1noc(C2CC2)n1)C1CCN(C(=O)NCc2ccccc2)C1. The predicted octanol–water partition coefficient (Wildman–Crippen LogP) is 2.32. The predicted molar refractivity (Wildman–Crippen MR) is 106 cm³/mol. The Morgan fingerprint density at radius 2 is 2.03 bits per heavy atom. The van der Waals surface area contributed by atoms with Crippen LogP contribution in [-0.4, -0.2) is 57.6 Å². The van der Waals surface area contributed by atoms with Gasteiger partial charge in [0.1, 0.15) is 0 Å². The van der Waals surface area contributed by atoms with Crippen LogP contribution in [0.5, 0.6) is 0 Å². The smallest absolute Gasteiger partial charge is 0.317 e. The number of carbonyl (C=O) groups is 2. The van der Waals surface area contributed by atoms with Gasteiger partial charge >= 0.3 is 6.03 Å². The highest BCUT2D eigenvalue weighted by molar-refractivity contribution is 5.76. The fourth-order valence-electron chi connectivity index (χ4n) is 3.75. The first-order valence-electron chi connectivity index (χ1n) is 10.3. The highest BCUT2D eigenvalue weighted by Crippen LogP contribution is 2.38. The van der Waals surface area contributed by atoms with E-state index in [0.29, 0.717) is 44.3 Å². The molecule has 1 aliphatic heterocycles. The Bertz CT molecular complexity index is 849. The van der Waals surface area contributed by atoms with Crippen LogP contribution < -0.4 is 5.32 Å². The van der Waals surface area contributed by atoms with Crippen molar-refractivity contribution < 1.29 is 14.1 Å². The summed E-state index contributed by atoms with van der Waals surface area (Å²) < 4.78 is 5.29. The highest BCUT2D eigenvalue weighted by Gasteiger charge is 2.32. The molecule has 1 saturated carbocycles. The van der Waals surface area contributed by atoms with Gasteiger partial charge in [0.25, 0.3) is 0 Å². The molecule has 3 amide bonds. The summed E-state index contributed by atoms with van der Waals surface area (Å²) in [5, 5.41) is 6.99. The van der Waals surface area contributed by atoms with Crippen LogP contribution in [0.25, 0.3) is 0 Å². The van der Waals surface area contributed by atoms with Crippen LogP contribution in [0, 0.1) is 0 Å². The van der Waals surface area contributed by atoms with Crippen LogP contribution in [0.15, 0.2) is 34.9 Å². The van der Waals surface area contributed by atoms with E-state index in [4.69, 9.17) is 4.52 Å². The number of hydrogen-bond donors (Lipinski definition) is 1. The molecule has 2 aliphatic rings. The van der Waals surface area contributed by atoms with Gasteiger partial charge in [0.2, 0.25) is 11.8 Å². The third-order valence-electron chi connectivity index (χ3n) is 5.57. The van der Waals surface area contributed by atoms with Crippen molar-refractivity contribution in [1.29, 1.82) is 0 Å². The van der Waals surface area contributed by atoms with E-state index in [-0.39, 0.29) is 18.0 Å². The summed E-state index contributed by atoms with van der Waals surface area (Å²) in [6.45, 7) is 3.79. The van der Waals surface area contributed by atoms with Gasteiger partial charge in [0, 0.05) is 45.4 Å². The second-order valence-electron chi connectivity index (χ2n) is 7.82. The molecule has 1 unspecified atom stereocenters. The fraction of sp³-hybridized carbons (Fsp3) is 0.524. The van der Waals surface area contributed by atoms with E-state index in [1.165, 1.54) is 0 Å². The molecule has 1 aliphatic carbocycles.